The molecule has 1 heterocycles. The standard InChI is InChI=1S/C18H27FN2O2/c1-13(2)12-21-8-4-7-16(21)11-20-18(23)10-17(22)14-5-3-6-15(19)9-14/h3,5-6,9,13,16-17,22H,4,7-8,10-12H2,1-2H3,(H,20,23)/t16-,17?/m0/s1. The summed E-state index contributed by atoms with van der Waals surface area (Å²) in [7, 11) is 0. The number of nitrogens with zero attached hydrogens (tertiary/aromatic N) is 1. The molecule has 0 bridgehead atoms. The molecule has 0 aromatic heterocycles. The monoisotopic (exact) mass is 322 g/mol. The summed E-state index contributed by atoms with van der Waals surface area (Å²) in [5.41, 5.74) is 0.433. The molecule has 0 saturated carbocycles. The van der Waals surface area contributed by atoms with Gasteiger partial charge in [-0.05, 0) is 43.0 Å². The van der Waals surface area contributed by atoms with E-state index >= 15 is 0 Å². The molecule has 1 aliphatic heterocycles. The molecule has 0 spiro atoms. The number of aliphatic hydroxyl groups excluding tert-OH is 1. The van der Waals surface area contributed by atoms with Crippen molar-refractivity contribution in [1.29, 1.82) is 0 Å². The van der Waals surface area contributed by atoms with Crippen LogP contribution in [0.4, 0.5) is 4.39 Å². The molecule has 5 heteroatoms. The van der Waals surface area contributed by atoms with Gasteiger partial charge in [-0.2, -0.15) is 0 Å². The van der Waals surface area contributed by atoms with Gasteiger partial charge in [-0.15, -0.1) is 0 Å². The summed E-state index contributed by atoms with van der Waals surface area (Å²) in [5.74, 6) is 0.0106. The lowest BCUT2D eigenvalue weighted by atomic mass is 10.1. The summed E-state index contributed by atoms with van der Waals surface area (Å²) in [4.78, 5) is 14.4. The predicted molar refractivity (Wildman–Crippen MR) is 88.4 cm³/mol. The first kappa shape index (κ1) is 17.9. The first-order valence-electron chi connectivity index (χ1n) is 8.40. The number of rotatable bonds is 7. The van der Waals surface area contributed by atoms with E-state index in [1.807, 2.05) is 0 Å². The topological polar surface area (TPSA) is 52.6 Å². The van der Waals surface area contributed by atoms with Gasteiger partial charge in [0.1, 0.15) is 5.82 Å². The Labute approximate surface area is 137 Å². The zero-order valence-corrected chi connectivity index (χ0v) is 14.0. The van der Waals surface area contributed by atoms with Crippen LogP contribution in [0.25, 0.3) is 0 Å². The Morgan fingerprint density at radius 1 is 1.48 bits per heavy atom. The zero-order valence-electron chi connectivity index (χ0n) is 14.0. The number of benzene rings is 1. The number of nitrogens with one attached hydrogen (secondary N) is 1. The molecule has 1 aliphatic rings. The van der Waals surface area contributed by atoms with Crippen molar-refractivity contribution >= 4 is 5.91 Å². The van der Waals surface area contributed by atoms with Crippen molar-refractivity contribution in [3.63, 3.8) is 0 Å². The summed E-state index contributed by atoms with van der Waals surface area (Å²) in [5, 5.41) is 12.9. The first-order valence-corrected chi connectivity index (χ1v) is 8.40. The average Bonchev–Trinajstić information content (AvgIpc) is 2.91. The summed E-state index contributed by atoms with van der Waals surface area (Å²) < 4.78 is 13.1. The largest absolute Gasteiger partial charge is 0.388 e. The molecule has 128 valence electrons. The van der Waals surface area contributed by atoms with Crippen molar-refractivity contribution in [3.05, 3.63) is 35.6 Å². The lowest BCUT2D eigenvalue weighted by Gasteiger charge is -2.26. The van der Waals surface area contributed by atoms with Gasteiger partial charge < -0.3 is 10.4 Å². The van der Waals surface area contributed by atoms with Crippen LogP contribution in [0.15, 0.2) is 24.3 Å². The fourth-order valence-electron chi connectivity index (χ4n) is 3.15. The van der Waals surface area contributed by atoms with Crippen LogP contribution < -0.4 is 5.32 Å². The maximum absolute atomic E-state index is 13.1. The second kappa shape index (κ2) is 8.41. The minimum atomic E-state index is -0.971. The Morgan fingerprint density at radius 2 is 2.26 bits per heavy atom. The lowest BCUT2D eigenvalue weighted by Crippen LogP contribution is -2.41. The summed E-state index contributed by atoms with van der Waals surface area (Å²) >= 11 is 0. The van der Waals surface area contributed by atoms with E-state index in [0.717, 1.165) is 19.5 Å². The minimum Gasteiger partial charge on any atom is -0.388 e. The van der Waals surface area contributed by atoms with Crippen molar-refractivity contribution < 1.29 is 14.3 Å². The van der Waals surface area contributed by atoms with Crippen LogP contribution in [-0.4, -0.2) is 41.6 Å². The number of aliphatic hydroxyl groups is 1. The molecular formula is C18H27FN2O2. The number of hydrogen-bond donors (Lipinski definition) is 2. The second-order valence-corrected chi connectivity index (χ2v) is 6.76. The molecule has 1 aromatic rings. The van der Waals surface area contributed by atoms with Crippen LogP contribution in [0.2, 0.25) is 0 Å². The number of amides is 1. The first-order chi connectivity index (χ1) is 11.0. The molecular weight excluding hydrogens is 295 g/mol. The SMILES string of the molecule is CC(C)CN1CCC[C@H]1CNC(=O)CC(O)c1cccc(F)c1. The van der Waals surface area contributed by atoms with Crippen molar-refractivity contribution in [2.75, 3.05) is 19.6 Å². The molecule has 4 nitrogen and oxygen atoms in total. The Hall–Kier alpha value is -1.46. The van der Waals surface area contributed by atoms with E-state index in [1.165, 1.54) is 24.6 Å². The van der Waals surface area contributed by atoms with Gasteiger partial charge in [0.15, 0.2) is 0 Å². The van der Waals surface area contributed by atoms with Gasteiger partial charge in [-0.1, -0.05) is 26.0 Å². The van der Waals surface area contributed by atoms with Crippen molar-refractivity contribution in [3.8, 4) is 0 Å². The Kier molecular flexibility index (Phi) is 6.54. The minimum absolute atomic E-state index is 0.0413. The van der Waals surface area contributed by atoms with E-state index in [0.29, 0.717) is 24.1 Å². The molecule has 0 aliphatic carbocycles. The fraction of sp³-hybridized carbons (Fsp3) is 0.611. The third-order valence-electron chi connectivity index (χ3n) is 4.25. The van der Waals surface area contributed by atoms with Crippen LogP contribution in [0.3, 0.4) is 0 Å². The van der Waals surface area contributed by atoms with Gasteiger partial charge in [-0.25, -0.2) is 4.39 Å². The zero-order chi connectivity index (χ0) is 16.8. The molecule has 1 amide bonds. The Bertz CT molecular complexity index is 521. The highest BCUT2D eigenvalue weighted by Crippen LogP contribution is 2.19. The van der Waals surface area contributed by atoms with Gasteiger partial charge in [0.05, 0.1) is 12.5 Å². The van der Waals surface area contributed by atoms with E-state index in [2.05, 4.69) is 24.1 Å². The number of likely N-dealkylation sites (tertiary alicyclic amines) is 1. The van der Waals surface area contributed by atoms with E-state index < -0.39 is 11.9 Å². The average molecular weight is 322 g/mol. The third kappa shape index (κ3) is 5.59. The molecule has 1 fully saturated rings. The molecule has 23 heavy (non-hydrogen) atoms. The smallest absolute Gasteiger partial charge is 0.223 e. The van der Waals surface area contributed by atoms with Crippen molar-refractivity contribution in [2.24, 2.45) is 5.92 Å². The third-order valence-corrected chi connectivity index (χ3v) is 4.25. The summed E-state index contributed by atoms with van der Waals surface area (Å²) in [6, 6.07) is 6.13. The number of halogens is 1. The van der Waals surface area contributed by atoms with Gasteiger partial charge >= 0.3 is 0 Å². The summed E-state index contributed by atoms with van der Waals surface area (Å²) in [6.07, 6.45) is 1.25. The van der Waals surface area contributed by atoms with E-state index in [-0.39, 0.29) is 12.3 Å². The van der Waals surface area contributed by atoms with Gasteiger partial charge in [0.2, 0.25) is 5.91 Å². The maximum Gasteiger partial charge on any atom is 0.223 e. The van der Waals surface area contributed by atoms with Crippen molar-refractivity contribution in [2.45, 2.75) is 45.3 Å². The van der Waals surface area contributed by atoms with Crippen LogP contribution in [0.1, 0.15) is 44.8 Å². The lowest BCUT2D eigenvalue weighted by molar-refractivity contribution is -0.123. The molecule has 1 aromatic carbocycles. The predicted octanol–water partition coefficient (Wildman–Crippen LogP) is 2.49. The highest BCUT2D eigenvalue weighted by atomic mass is 19.1. The van der Waals surface area contributed by atoms with E-state index in [1.54, 1.807) is 6.07 Å². The number of hydrogen-bond acceptors (Lipinski definition) is 3. The molecule has 2 atom stereocenters. The molecule has 1 saturated heterocycles. The summed E-state index contributed by atoms with van der Waals surface area (Å²) in [6.45, 7) is 7.14. The molecule has 2 N–H and O–H groups in total. The second-order valence-electron chi connectivity index (χ2n) is 6.76. The van der Waals surface area contributed by atoms with Crippen molar-refractivity contribution in [1.82, 2.24) is 10.2 Å². The van der Waals surface area contributed by atoms with E-state index in [9.17, 15) is 14.3 Å². The van der Waals surface area contributed by atoms with Gasteiger partial charge in [0.25, 0.3) is 0 Å². The Morgan fingerprint density at radius 3 is 2.96 bits per heavy atom. The van der Waals surface area contributed by atoms with Gasteiger partial charge in [-0.3, -0.25) is 9.69 Å². The molecule has 0 radical (unpaired) electrons. The van der Waals surface area contributed by atoms with Crippen LogP contribution in [-0.2, 0) is 4.79 Å². The van der Waals surface area contributed by atoms with E-state index in [4.69, 9.17) is 0 Å². The van der Waals surface area contributed by atoms with Crippen LogP contribution >= 0.6 is 0 Å². The van der Waals surface area contributed by atoms with Crippen LogP contribution in [0.5, 0.6) is 0 Å². The van der Waals surface area contributed by atoms with Gasteiger partial charge in [0, 0.05) is 19.1 Å². The normalized spacial score (nSPS) is 20.0. The van der Waals surface area contributed by atoms with Crippen LogP contribution in [0, 0.1) is 11.7 Å². The Balaban J connectivity index is 1.78. The highest BCUT2D eigenvalue weighted by molar-refractivity contribution is 5.76. The highest BCUT2D eigenvalue weighted by Gasteiger charge is 2.25. The number of carbonyl (C=O) groups excluding carboxylic acids is 1. The number of carbonyl (C=O) groups is 1. The fourth-order valence-corrected chi connectivity index (χ4v) is 3.15. The molecule has 1 unspecified atom stereocenters. The maximum atomic E-state index is 13.1. The quantitative estimate of drug-likeness (QED) is 0.811. The molecule has 2 rings (SSSR count).